The minimum Gasteiger partial charge on any atom is -0.494 e. The molecule has 1 aromatic carbocycles. The van der Waals surface area contributed by atoms with Crippen LogP contribution in [0.15, 0.2) is 40.6 Å². The largest absolute Gasteiger partial charge is 0.494 e. The van der Waals surface area contributed by atoms with Crippen LogP contribution in [-0.4, -0.2) is 45.7 Å². The van der Waals surface area contributed by atoms with Crippen molar-refractivity contribution in [3.63, 3.8) is 0 Å². The number of sulfonamides is 1. The highest BCUT2D eigenvalue weighted by Gasteiger charge is 2.31. The van der Waals surface area contributed by atoms with E-state index < -0.39 is 28.0 Å². The maximum Gasteiger partial charge on any atom is 0.348 e. The van der Waals surface area contributed by atoms with E-state index in [0.29, 0.717) is 16.9 Å². The van der Waals surface area contributed by atoms with E-state index in [0.717, 1.165) is 0 Å². The molecule has 8 nitrogen and oxygen atoms in total. The lowest BCUT2D eigenvalue weighted by molar-refractivity contribution is -0.138. The smallest absolute Gasteiger partial charge is 0.348 e. The standard InChI is InChI=1S/C16H17NO7S2/c1-23-12-9-13(15(20)24-2)25-16(12)26(21,22)17-11(14(18)19)8-10-6-4-3-5-7-10/h3-7,9,11,17H,8H2,1-2H3,(H,18,19)/t11-/m0/s1. The molecule has 0 aliphatic rings. The van der Waals surface area contributed by atoms with Crippen molar-refractivity contribution in [3.05, 3.63) is 46.8 Å². The number of hydrogen-bond acceptors (Lipinski definition) is 7. The van der Waals surface area contributed by atoms with Crippen LogP contribution < -0.4 is 9.46 Å². The molecular formula is C16H17NO7S2. The first-order valence-corrected chi connectivity index (χ1v) is 9.63. The van der Waals surface area contributed by atoms with E-state index in [1.807, 2.05) is 0 Å². The lowest BCUT2D eigenvalue weighted by Crippen LogP contribution is -2.42. The summed E-state index contributed by atoms with van der Waals surface area (Å²) in [5.74, 6) is -2.10. The molecule has 0 fully saturated rings. The van der Waals surface area contributed by atoms with Gasteiger partial charge in [-0.15, -0.1) is 11.3 Å². The van der Waals surface area contributed by atoms with Gasteiger partial charge in [0.2, 0.25) is 0 Å². The van der Waals surface area contributed by atoms with E-state index in [9.17, 15) is 23.1 Å². The molecule has 0 aliphatic heterocycles. The van der Waals surface area contributed by atoms with Crippen LogP contribution >= 0.6 is 11.3 Å². The maximum atomic E-state index is 12.6. The predicted molar refractivity (Wildman–Crippen MR) is 94.1 cm³/mol. The van der Waals surface area contributed by atoms with Crippen molar-refractivity contribution in [1.29, 1.82) is 0 Å². The van der Waals surface area contributed by atoms with Gasteiger partial charge in [-0.1, -0.05) is 30.3 Å². The fraction of sp³-hybridized carbons (Fsp3) is 0.250. The van der Waals surface area contributed by atoms with Crippen LogP contribution in [0.3, 0.4) is 0 Å². The maximum absolute atomic E-state index is 12.6. The van der Waals surface area contributed by atoms with Crippen LogP contribution in [0.25, 0.3) is 0 Å². The zero-order valence-electron chi connectivity index (χ0n) is 14.0. The molecule has 0 unspecified atom stereocenters. The average Bonchev–Trinajstić information content (AvgIpc) is 3.06. The zero-order valence-corrected chi connectivity index (χ0v) is 15.6. The van der Waals surface area contributed by atoms with E-state index in [1.54, 1.807) is 30.3 Å². The third-order valence-electron chi connectivity index (χ3n) is 3.39. The van der Waals surface area contributed by atoms with Crippen LogP contribution in [-0.2, 0) is 26.0 Å². The summed E-state index contributed by atoms with van der Waals surface area (Å²) >= 11 is 0.641. The summed E-state index contributed by atoms with van der Waals surface area (Å²) in [6.07, 6.45) is -0.0348. The molecular weight excluding hydrogens is 382 g/mol. The number of aliphatic carboxylic acids is 1. The molecule has 1 aromatic heterocycles. The number of carboxylic acids is 1. The molecule has 2 aromatic rings. The number of carboxylic acid groups (broad SMARTS) is 1. The second-order valence-electron chi connectivity index (χ2n) is 5.16. The van der Waals surface area contributed by atoms with Crippen LogP contribution in [0.1, 0.15) is 15.2 Å². The quantitative estimate of drug-likeness (QED) is 0.646. The Morgan fingerprint density at radius 2 is 1.88 bits per heavy atom. The number of hydrogen-bond donors (Lipinski definition) is 2. The molecule has 2 rings (SSSR count). The Morgan fingerprint density at radius 1 is 1.23 bits per heavy atom. The van der Waals surface area contributed by atoms with E-state index in [4.69, 9.17) is 4.74 Å². The van der Waals surface area contributed by atoms with Crippen LogP contribution in [0, 0.1) is 0 Å². The molecule has 2 N–H and O–H groups in total. The van der Waals surface area contributed by atoms with Crippen molar-refractivity contribution in [2.24, 2.45) is 0 Å². The number of esters is 1. The van der Waals surface area contributed by atoms with Gasteiger partial charge in [0.1, 0.15) is 10.9 Å². The van der Waals surface area contributed by atoms with Crippen molar-refractivity contribution in [1.82, 2.24) is 4.72 Å². The molecule has 1 heterocycles. The van der Waals surface area contributed by atoms with E-state index >= 15 is 0 Å². The van der Waals surface area contributed by atoms with Crippen LogP contribution in [0.4, 0.5) is 0 Å². The Balaban J connectivity index is 2.32. The van der Waals surface area contributed by atoms with Crippen LogP contribution in [0.5, 0.6) is 5.75 Å². The molecule has 140 valence electrons. The number of carbonyl (C=O) groups is 2. The Hall–Kier alpha value is -2.43. The summed E-state index contributed by atoms with van der Waals surface area (Å²) in [7, 11) is -1.81. The first-order valence-electron chi connectivity index (χ1n) is 7.33. The van der Waals surface area contributed by atoms with Gasteiger partial charge in [0, 0.05) is 6.07 Å². The van der Waals surface area contributed by atoms with Gasteiger partial charge in [0.15, 0.2) is 9.96 Å². The molecule has 0 bridgehead atoms. The highest BCUT2D eigenvalue weighted by atomic mass is 32.2. The molecule has 0 saturated carbocycles. The Labute approximate surface area is 154 Å². The fourth-order valence-electron chi connectivity index (χ4n) is 2.16. The topological polar surface area (TPSA) is 119 Å². The number of rotatable bonds is 8. The molecule has 0 radical (unpaired) electrons. The Bertz CT molecular complexity index is 891. The lowest BCUT2D eigenvalue weighted by Gasteiger charge is -2.14. The third kappa shape index (κ3) is 4.59. The minimum absolute atomic E-state index is 0.0275. The van der Waals surface area contributed by atoms with Gasteiger partial charge in [-0.05, 0) is 12.0 Å². The van der Waals surface area contributed by atoms with E-state index in [-0.39, 0.29) is 21.3 Å². The fourth-order valence-corrected chi connectivity index (χ4v) is 4.86. The Morgan fingerprint density at radius 3 is 2.42 bits per heavy atom. The molecule has 1 atom stereocenters. The normalized spacial score (nSPS) is 12.4. The van der Waals surface area contributed by atoms with Gasteiger partial charge in [0.05, 0.1) is 14.2 Å². The summed E-state index contributed by atoms with van der Waals surface area (Å²) in [5, 5.41) is 9.37. The molecule has 26 heavy (non-hydrogen) atoms. The molecule has 10 heteroatoms. The summed E-state index contributed by atoms with van der Waals surface area (Å²) in [6.45, 7) is 0. The second kappa shape index (κ2) is 8.30. The van der Waals surface area contributed by atoms with Gasteiger partial charge in [-0.3, -0.25) is 4.79 Å². The number of benzene rings is 1. The van der Waals surface area contributed by atoms with E-state index in [1.165, 1.54) is 20.3 Å². The van der Waals surface area contributed by atoms with Gasteiger partial charge < -0.3 is 14.6 Å². The number of nitrogens with one attached hydrogen (secondary N) is 1. The third-order valence-corrected chi connectivity index (χ3v) is 6.48. The SMILES string of the molecule is COC(=O)c1cc(OC)c(S(=O)(=O)N[C@@H](Cc2ccccc2)C(=O)O)s1. The molecule has 0 aliphatic carbocycles. The lowest BCUT2D eigenvalue weighted by atomic mass is 10.1. The first-order chi connectivity index (χ1) is 12.3. The number of ether oxygens (including phenoxy) is 2. The van der Waals surface area contributed by atoms with Gasteiger partial charge in [0.25, 0.3) is 10.0 Å². The highest BCUT2D eigenvalue weighted by molar-refractivity contribution is 7.91. The van der Waals surface area contributed by atoms with Crippen molar-refractivity contribution < 1.29 is 32.6 Å². The van der Waals surface area contributed by atoms with E-state index in [2.05, 4.69) is 9.46 Å². The summed E-state index contributed by atoms with van der Waals surface area (Å²) < 4.78 is 36.7. The number of carbonyl (C=O) groups excluding carboxylic acids is 1. The zero-order chi connectivity index (χ0) is 19.3. The summed E-state index contributed by atoms with van der Waals surface area (Å²) in [6, 6.07) is 8.49. The van der Waals surface area contributed by atoms with Gasteiger partial charge in [-0.25, -0.2) is 13.2 Å². The minimum atomic E-state index is -4.23. The van der Waals surface area contributed by atoms with Crippen molar-refractivity contribution >= 4 is 33.3 Å². The van der Waals surface area contributed by atoms with Gasteiger partial charge in [-0.2, -0.15) is 4.72 Å². The number of thiophene rings is 1. The summed E-state index contributed by atoms with van der Waals surface area (Å²) in [4.78, 5) is 23.1. The van der Waals surface area contributed by atoms with Crippen molar-refractivity contribution in [2.45, 2.75) is 16.7 Å². The van der Waals surface area contributed by atoms with Crippen molar-refractivity contribution in [2.75, 3.05) is 14.2 Å². The highest BCUT2D eigenvalue weighted by Crippen LogP contribution is 2.34. The summed E-state index contributed by atoms with van der Waals surface area (Å²) in [5.41, 5.74) is 0.663. The molecule has 0 saturated heterocycles. The number of methoxy groups -OCH3 is 2. The Kier molecular flexibility index (Phi) is 6.35. The second-order valence-corrected chi connectivity index (χ2v) is 8.12. The van der Waals surface area contributed by atoms with Crippen molar-refractivity contribution in [3.8, 4) is 5.75 Å². The monoisotopic (exact) mass is 399 g/mol. The first kappa shape index (κ1) is 19.9. The molecule has 0 amide bonds. The molecule has 0 spiro atoms. The van der Waals surface area contributed by atoms with Gasteiger partial charge >= 0.3 is 11.9 Å². The van der Waals surface area contributed by atoms with Crippen LogP contribution in [0.2, 0.25) is 0 Å². The predicted octanol–water partition coefficient (Wildman–Crippen LogP) is 1.52. The average molecular weight is 399 g/mol.